The Morgan fingerprint density at radius 3 is 2.38 bits per heavy atom. The van der Waals surface area contributed by atoms with E-state index in [1.165, 1.54) is 0 Å². The van der Waals surface area contributed by atoms with E-state index in [1.54, 1.807) is 12.1 Å². The zero-order valence-electron chi connectivity index (χ0n) is 11.9. The van der Waals surface area contributed by atoms with Crippen molar-refractivity contribution in [3.8, 4) is 5.75 Å². The van der Waals surface area contributed by atoms with Gasteiger partial charge in [-0.25, -0.2) is 0 Å². The molecule has 2 rings (SSSR count). The lowest BCUT2D eigenvalue weighted by molar-refractivity contribution is -0.332. The number of benzene rings is 1. The van der Waals surface area contributed by atoms with E-state index < -0.39 is 36.6 Å². The summed E-state index contributed by atoms with van der Waals surface area (Å²) in [6.45, 7) is 1.51. The second-order valence-electron chi connectivity index (χ2n) is 5.48. The molecule has 0 amide bonds. The number of hydrogen-bond acceptors (Lipinski definition) is 6. The van der Waals surface area contributed by atoms with Crippen LogP contribution >= 0.6 is 0 Å². The topological polar surface area (TPSA) is 110 Å². The van der Waals surface area contributed by atoms with Gasteiger partial charge in [0.1, 0.15) is 11.9 Å². The van der Waals surface area contributed by atoms with E-state index in [9.17, 15) is 20.4 Å². The van der Waals surface area contributed by atoms with E-state index in [2.05, 4.69) is 6.92 Å². The average molecular weight is 298 g/mol. The molecule has 5 atom stereocenters. The van der Waals surface area contributed by atoms with Crippen LogP contribution in [0.1, 0.15) is 18.9 Å². The first kappa shape index (κ1) is 16.2. The predicted octanol–water partition coefficient (Wildman–Crippen LogP) is -0.589. The molecule has 21 heavy (non-hydrogen) atoms. The standard InChI is InChI=1S/C15H22O6/c1-2-3-9-4-6-10(7-5-9)21-14(19)15(20)11(8-16)12(17)13(15)18/h4-7,11-14,16-20H,2-3,8H2,1H3. The Kier molecular flexibility index (Phi) is 4.85. The lowest BCUT2D eigenvalue weighted by Gasteiger charge is -2.53. The van der Waals surface area contributed by atoms with Crippen molar-refractivity contribution in [3.05, 3.63) is 29.8 Å². The summed E-state index contributed by atoms with van der Waals surface area (Å²) in [6, 6.07) is 7.02. The fraction of sp³-hybridized carbons (Fsp3) is 0.600. The number of aliphatic hydroxyl groups excluding tert-OH is 4. The van der Waals surface area contributed by atoms with E-state index in [1.807, 2.05) is 12.1 Å². The summed E-state index contributed by atoms with van der Waals surface area (Å²) in [5.41, 5.74) is -0.957. The van der Waals surface area contributed by atoms with Crippen LogP contribution in [-0.2, 0) is 6.42 Å². The Bertz CT molecular complexity index is 462. The molecule has 0 bridgehead atoms. The molecule has 1 aromatic rings. The fourth-order valence-electron chi connectivity index (χ4n) is 2.70. The first-order chi connectivity index (χ1) is 9.94. The molecule has 0 aromatic heterocycles. The first-order valence-corrected chi connectivity index (χ1v) is 7.08. The van der Waals surface area contributed by atoms with Crippen LogP contribution < -0.4 is 4.74 Å². The van der Waals surface area contributed by atoms with E-state index >= 15 is 0 Å². The van der Waals surface area contributed by atoms with Crippen LogP contribution in [-0.4, -0.2) is 56.2 Å². The third-order valence-electron chi connectivity index (χ3n) is 4.11. The van der Waals surface area contributed by atoms with Gasteiger partial charge in [-0.1, -0.05) is 25.5 Å². The van der Waals surface area contributed by atoms with Crippen LogP contribution in [0.2, 0.25) is 0 Å². The quantitative estimate of drug-likeness (QED) is 0.449. The smallest absolute Gasteiger partial charge is 0.229 e. The minimum atomic E-state index is -2.09. The van der Waals surface area contributed by atoms with Gasteiger partial charge in [0, 0.05) is 5.92 Å². The SMILES string of the molecule is CCCc1ccc(OC(O)C2(O)C(O)C(O)C2CO)cc1. The Labute approximate surface area is 123 Å². The molecule has 1 aliphatic rings. The van der Waals surface area contributed by atoms with Crippen molar-refractivity contribution in [1.82, 2.24) is 0 Å². The Morgan fingerprint density at radius 1 is 1.24 bits per heavy atom. The maximum Gasteiger partial charge on any atom is 0.229 e. The third kappa shape index (κ3) is 2.77. The van der Waals surface area contributed by atoms with Gasteiger partial charge >= 0.3 is 0 Å². The molecule has 6 nitrogen and oxygen atoms in total. The molecule has 0 heterocycles. The maximum absolute atomic E-state index is 10.2. The lowest BCUT2D eigenvalue weighted by Crippen LogP contribution is -2.76. The number of ether oxygens (including phenoxy) is 1. The van der Waals surface area contributed by atoms with Crippen LogP contribution in [0.15, 0.2) is 24.3 Å². The monoisotopic (exact) mass is 298 g/mol. The van der Waals surface area contributed by atoms with Gasteiger partial charge in [-0.2, -0.15) is 0 Å². The summed E-state index contributed by atoms with van der Waals surface area (Å²) >= 11 is 0. The van der Waals surface area contributed by atoms with Gasteiger partial charge in [0.15, 0.2) is 5.60 Å². The second kappa shape index (κ2) is 6.29. The Hall–Kier alpha value is -1.18. The first-order valence-electron chi connectivity index (χ1n) is 7.08. The molecule has 0 radical (unpaired) electrons. The number of rotatable bonds is 6. The summed E-state index contributed by atoms with van der Waals surface area (Å²) in [5.74, 6) is -0.720. The van der Waals surface area contributed by atoms with Gasteiger partial charge in [-0.3, -0.25) is 0 Å². The number of hydrogen-bond donors (Lipinski definition) is 5. The second-order valence-corrected chi connectivity index (χ2v) is 5.48. The van der Waals surface area contributed by atoms with Crippen molar-refractivity contribution in [1.29, 1.82) is 0 Å². The molecule has 1 aliphatic carbocycles. The van der Waals surface area contributed by atoms with E-state index in [0.717, 1.165) is 18.4 Å². The van der Waals surface area contributed by atoms with Crippen LogP contribution in [0.3, 0.4) is 0 Å². The van der Waals surface area contributed by atoms with Gasteiger partial charge in [-0.05, 0) is 24.1 Å². The van der Waals surface area contributed by atoms with Gasteiger partial charge < -0.3 is 30.3 Å². The molecule has 1 saturated carbocycles. The highest BCUT2D eigenvalue weighted by molar-refractivity contribution is 5.28. The van der Waals surface area contributed by atoms with Gasteiger partial charge in [0.25, 0.3) is 0 Å². The summed E-state index contributed by atoms with van der Waals surface area (Å²) in [6.07, 6.45) is -2.64. The largest absolute Gasteiger partial charge is 0.462 e. The van der Waals surface area contributed by atoms with Crippen molar-refractivity contribution in [2.45, 2.75) is 43.9 Å². The molecular formula is C15H22O6. The summed E-state index contributed by atoms with van der Waals surface area (Å²) in [4.78, 5) is 0. The highest BCUT2D eigenvalue weighted by Crippen LogP contribution is 2.42. The van der Waals surface area contributed by atoms with Crippen LogP contribution in [0.25, 0.3) is 0 Å². The molecule has 0 saturated heterocycles. The molecule has 6 heteroatoms. The minimum absolute atomic E-state index is 0.334. The van der Waals surface area contributed by atoms with Crippen molar-refractivity contribution in [3.63, 3.8) is 0 Å². The van der Waals surface area contributed by atoms with Crippen molar-refractivity contribution < 1.29 is 30.3 Å². The molecule has 1 fully saturated rings. The Balaban J connectivity index is 2.05. The van der Waals surface area contributed by atoms with E-state index in [-0.39, 0.29) is 0 Å². The summed E-state index contributed by atoms with van der Waals surface area (Å²) < 4.78 is 5.23. The van der Waals surface area contributed by atoms with Crippen LogP contribution in [0, 0.1) is 5.92 Å². The van der Waals surface area contributed by atoms with E-state index in [4.69, 9.17) is 9.84 Å². The van der Waals surface area contributed by atoms with Gasteiger partial charge in [0.05, 0.1) is 12.7 Å². The van der Waals surface area contributed by atoms with Crippen molar-refractivity contribution in [2.24, 2.45) is 5.92 Å². The van der Waals surface area contributed by atoms with Gasteiger partial charge in [0.2, 0.25) is 6.29 Å². The van der Waals surface area contributed by atoms with Crippen LogP contribution in [0.5, 0.6) is 5.75 Å². The highest BCUT2D eigenvalue weighted by Gasteiger charge is 2.65. The predicted molar refractivity (Wildman–Crippen MR) is 74.6 cm³/mol. The summed E-state index contributed by atoms with van der Waals surface area (Å²) in [7, 11) is 0. The highest BCUT2D eigenvalue weighted by atomic mass is 16.6. The average Bonchev–Trinajstić information content (AvgIpc) is 2.49. The fourth-order valence-corrected chi connectivity index (χ4v) is 2.70. The van der Waals surface area contributed by atoms with Crippen molar-refractivity contribution in [2.75, 3.05) is 6.61 Å². The Morgan fingerprint density at radius 2 is 1.86 bits per heavy atom. The molecule has 1 aromatic carbocycles. The third-order valence-corrected chi connectivity index (χ3v) is 4.11. The van der Waals surface area contributed by atoms with Crippen molar-refractivity contribution >= 4 is 0 Å². The molecule has 5 unspecified atom stereocenters. The molecule has 0 aliphatic heterocycles. The summed E-state index contributed by atoms with van der Waals surface area (Å²) in [5, 5.41) is 48.5. The zero-order valence-corrected chi connectivity index (χ0v) is 11.9. The number of aliphatic hydroxyl groups is 5. The van der Waals surface area contributed by atoms with E-state index in [0.29, 0.717) is 5.75 Å². The molecule has 5 N–H and O–H groups in total. The maximum atomic E-state index is 10.2. The minimum Gasteiger partial charge on any atom is -0.462 e. The molecular weight excluding hydrogens is 276 g/mol. The zero-order chi connectivity index (χ0) is 15.6. The molecule has 118 valence electrons. The van der Waals surface area contributed by atoms with Crippen LogP contribution in [0.4, 0.5) is 0 Å². The normalized spacial score (nSPS) is 33.3. The lowest BCUT2D eigenvalue weighted by atomic mass is 9.64. The molecule has 0 spiro atoms. The van der Waals surface area contributed by atoms with Gasteiger partial charge in [-0.15, -0.1) is 0 Å². The number of aryl methyl sites for hydroxylation is 1.